The van der Waals surface area contributed by atoms with Crippen LogP contribution < -0.4 is 10.6 Å². The molecule has 0 spiro atoms. The van der Waals surface area contributed by atoms with Gasteiger partial charge in [-0.1, -0.05) is 18.2 Å². The van der Waals surface area contributed by atoms with Gasteiger partial charge < -0.3 is 10.6 Å². The van der Waals surface area contributed by atoms with Crippen molar-refractivity contribution in [2.24, 2.45) is 0 Å². The third kappa shape index (κ3) is 4.17. The molecule has 124 valence electrons. The highest BCUT2D eigenvalue weighted by Crippen LogP contribution is 2.30. The number of nitrogens with one attached hydrogen (secondary N) is 2. The molecule has 2 aromatic rings. The van der Waals surface area contributed by atoms with Crippen molar-refractivity contribution in [3.8, 4) is 0 Å². The van der Waals surface area contributed by atoms with Crippen molar-refractivity contribution >= 4 is 29.3 Å². The fourth-order valence-electron chi connectivity index (χ4n) is 2.75. The van der Waals surface area contributed by atoms with Gasteiger partial charge in [-0.2, -0.15) is 0 Å². The zero-order valence-electron chi connectivity index (χ0n) is 13.6. The molecule has 24 heavy (non-hydrogen) atoms. The summed E-state index contributed by atoms with van der Waals surface area (Å²) in [6, 6.07) is 13.4. The first-order chi connectivity index (χ1) is 11.6. The Hall–Kier alpha value is -2.27. The molecule has 0 aliphatic carbocycles. The highest BCUT2D eigenvalue weighted by molar-refractivity contribution is 7.99. The van der Waals surface area contributed by atoms with Crippen molar-refractivity contribution in [1.29, 1.82) is 0 Å². The molecule has 0 fully saturated rings. The first-order valence-corrected chi connectivity index (χ1v) is 9.01. The van der Waals surface area contributed by atoms with Crippen LogP contribution in [0.5, 0.6) is 0 Å². The maximum absolute atomic E-state index is 12.3. The number of carbonyl (C=O) groups is 2. The van der Waals surface area contributed by atoms with Gasteiger partial charge in [-0.3, -0.25) is 9.59 Å². The average Bonchev–Trinajstić information content (AvgIpc) is 2.59. The van der Waals surface area contributed by atoms with Gasteiger partial charge in [0.2, 0.25) is 5.91 Å². The van der Waals surface area contributed by atoms with Gasteiger partial charge >= 0.3 is 0 Å². The zero-order chi connectivity index (χ0) is 16.9. The number of benzene rings is 2. The zero-order valence-corrected chi connectivity index (χ0v) is 14.4. The first kappa shape index (κ1) is 16.6. The number of hydrogen-bond donors (Lipinski definition) is 2. The van der Waals surface area contributed by atoms with Crippen LogP contribution in [-0.2, 0) is 17.8 Å². The van der Waals surface area contributed by atoms with Crippen LogP contribution in [0, 0.1) is 0 Å². The van der Waals surface area contributed by atoms with Gasteiger partial charge in [-0.05, 0) is 54.0 Å². The van der Waals surface area contributed by atoms with Crippen molar-refractivity contribution in [2.75, 3.05) is 11.1 Å². The fraction of sp³-hybridized carbons (Fsp3) is 0.263. The second kappa shape index (κ2) is 7.53. The van der Waals surface area contributed by atoms with Crippen molar-refractivity contribution in [3.05, 3.63) is 59.2 Å². The second-order valence-corrected chi connectivity index (χ2v) is 6.98. The Morgan fingerprint density at radius 3 is 2.88 bits per heavy atom. The summed E-state index contributed by atoms with van der Waals surface area (Å²) >= 11 is 1.90. The smallest absolute Gasteiger partial charge is 0.251 e. The van der Waals surface area contributed by atoms with Gasteiger partial charge in [-0.15, -0.1) is 11.8 Å². The molecule has 0 unspecified atom stereocenters. The van der Waals surface area contributed by atoms with Crippen LogP contribution in [0.2, 0.25) is 0 Å². The van der Waals surface area contributed by atoms with Gasteiger partial charge in [0.1, 0.15) is 0 Å². The minimum Gasteiger partial charge on any atom is -0.348 e. The molecule has 0 radical (unpaired) electrons. The number of thioether (sulfide) groups is 1. The van der Waals surface area contributed by atoms with Gasteiger partial charge in [-0.25, -0.2) is 0 Å². The Bertz CT molecular complexity index is 774. The molecule has 4 nitrogen and oxygen atoms in total. The first-order valence-electron chi connectivity index (χ1n) is 8.02. The van der Waals surface area contributed by atoms with E-state index >= 15 is 0 Å². The highest BCUT2D eigenvalue weighted by Gasteiger charge is 2.11. The van der Waals surface area contributed by atoms with E-state index < -0.39 is 0 Å². The van der Waals surface area contributed by atoms with E-state index in [1.165, 1.54) is 29.6 Å². The van der Waals surface area contributed by atoms with E-state index in [1.807, 2.05) is 11.8 Å². The minimum absolute atomic E-state index is 0.144. The number of carbonyl (C=O) groups excluding carboxylic acids is 2. The largest absolute Gasteiger partial charge is 0.348 e. The van der Waals surface area contributed by atoms with E-state index in [2.05, 4.69) is 28.8 Å². The molecule has 1 heterocycles. The summed E-state index contributed by atoms with van der Waals surface area (Å²) in [7, 11) is 0. The maximum atomic E-state index is 12.3. The summed E-state index contributed by atoms with van der Waals surface area (Å²) in [4.78, 5) is 24.8. The van der Waals surface area contributed by atoms with E-state index in [1.54, 1.807) is 24.3 Å². The summed E-state index contributed by atoms with van der Waals surface area (Å²) in [6.07, 6.45) is 2.33. The van der Waals surface area contributed by atoms with Gasteiger partial charge in [0, 0.05) is 29.6 Å². The molecule has 0 aromatic heterocycles. The molecule has 0 saturated carbocycles. The van der Waals surface area contributed by atoms with Crippen molar-refractivity contribution in [3.63, 3.8) is 0 Å². The van der Waals surface area contributed by atoms with Gasteiger partial charge in [0.05, 0.1) is 0 Å². The molecular formula is C19H20N2O2S. The summed E-state index contributed by atoms with van der Waals surface area (Å²) < 4.78 is 0. The monoisotopic (exact) mass is 340 g/mol. The van der Waals surface area contributed by atoms with Crippen molar-refractivity contribution in [1.82, 2.24) is 5.32 Å². The number of amides is 2. The lowest BCUT2D eigenvalue weighted by molar-refractivity contribution is -0.114. The third-order valence-electron chi connectivity index (χ3n) is 3.87. The Morgan fingerprint density at radius 2 is 2.04 bits per heavy atom. The summed E-state index contributed by atoms with van der Waals surface area (Å²) in [5.74, 6) is 0.891. The number of fused-ring (bicyclic) bond motifs is 1. The lowest BCUT2D eigenvalue weighted by Crippen LogP contribution is -2.23. The SMILES string of the molecule is CC(=O)Nc1cccc(C(=O)NCc2ccc3c(c2)CCCS3)c1. The lowest BCUT2D eigenvalue weighted by atomic mass is 10.1. The average molecular weight is 340 g/mol. The lowest BCUT2D eigenvalue weighted by Gasteiger charge is -2.16. The molecule has 2 aromatic carbocycles. The maximum Gasteiger partial charge on any atom is 0.251 e. The van der Waals surface area contributed by atoms with E-state index in [-0.39, 0.29) is 11.8 Å². The number of aryl methyl sites for hydroxylation is 1. The normalized spacial score (nSPS) is 13.0. The van der Waals surface area contributed by atoms with Crippen LogP contribution in [0.15, 0.2) is 47.4 Å². The number of hydrogen-bond acceptors (Lipinski definition) is 3. The molecule has 1 aliphatic heterocycles. The fourth-order valence-corrected chi connectivity index (χ4v) is 3.77. The predicted molar refractivity (Wildman–Crippen MR) is 97.4 cm³/mol. The molecule has 1 aliphatic rings. The summed E-state index contributed by atoms with van der Waals surface area (Å²) in [5, 5.41) is 5.63. The van der Waals surface area contributed by atoms with Gasteiger partial charge in [0.15, 0.2) is 0 Å². The van der Waals surface area contributed by atoms with E-state index in [9.17, 15) is 9.59 Å². The number of rotatable bonds is 4. The Balaban J connectivity index is 1.64. The van der Waals surface area contributed by atoms with Gasteiger partial charge in [0.25, 0.3) is 5.91 Å². The molecule has 2 N–H and O–H groups in total. The standard InChI is InChI=1S/C19H20N2O2S/c1-13(22)21-17-6-2-4-16(11-17)19(23)20-12-14-7-8-18-15(10-14)5-3-9-24-18/h2,4,6-8,10-11H,3,5,9,12H2,1H3,(H,20,23)(H,21,22). The predicted octanol–water partition coefficient (Wildman–Crippen LogP) is 3.61. The molecule has 2 amide bonds. The van der Waals surface area contributed by atoms with Crippen LogP contribution in [0.4, 0.5) is 5.69 Å². The molecule has 0 saturated heterocycles. The van der Waals surface area contributed by atoms with E-state index in [4.69, 9.17) is 0 Å². The Labute approximate surface area is 146 Å². The summed E-state index contributed by atoms with van der Waals surface area (Å²) in [5.41, 5.74) is 3.66. The minimum atomic E-state index is -0.153. The molecule has 0 bridgehead atoms. The van der Waals surface area contributed by atoms with Crippen LogP contribution in [0.1, 0.15) is 34.8 Å². The van der Waals surface area contributed by atoms with E-state index in [0.29, 0.717) is 17.8 Å². The van der Waals surface area contributed by atoms with Crippen LogP contribution >= 0.6 is 11.8 Å². The van der Waals surface area contributed by atoms with Crippen LogP contribution in [0.3, 0.4) is 0 Å². The molecular weight excluding hydrogens is 320 g/mol. The Morgan fingerprint density at radius 1 is 1.17 bits per heavy atom. The third-order valence-corrected chi connectivity index (χ3v) is 5.07. The van der Waals surface area contributed by atoms with Crippen LogP contribution in [0.25, 0.3) is 0 Å². The second-order valence-electron chi connectivity index (χ2n) is 5.84. The molecule has 0 atom stereocenters. The molecule has 5 heteroatoms. The van der Waals surface area contributed by atoms with E-state index in [0.717, 1.165) is 12.0 Å². The topological polar surface area (TPSA) is 58.2 Å². The number of anilines is 1. The molecule has 3 rings (SSSR count). The quantitative estimate of drug-likeness (QED) is 0.894. The summed E-state index contributed by atoms with van der Waals surface area (Å²) in [6.45, 7) is 1.95. The highest BCUT2D eigenvalue weighted by atomic mass is 32.2. The van der Waals surface area contributed by atoms with Crippen molar-refractivity contribution < 1.29 is 9.59 Å². The Kier molecular flexibility index (Phi) is 5.20. The van der Waals surface area contributed by atoms with Crippen LogP contribution in [-0.4, -0.2) is 17.6 Å². The van der Waals surface area contributed by atoms with Crippen molar-refractivity contribution in [2.45, 2.75) is 31.2 Å².